The summed E-state index contributed by atoms with van der Waals surface area (Å²) in [7, 11) is 0. The summed E-state index contributed by atoms with van der Waals surface area (Å²) in [5.74, 6) is 1.26. The lowest BCUT2D eigenvalue weighted by Crippen LogP contribution is -2.52. The van der Waals surface area contributed by atoms with Crippen molar-refractivity contribution in [1.82, 2.24) is 19.8 Å². The highest BCUT2D eigenvalue weighted by molar-refractivity contribution is 5.78. The van der Waals surface area contributed by atoms with Crippen molar-refractivity contribution in [1.29, 1.82) is 0 Å². The Balaban J connectivity index is 1.28. The number of nitrogens with one attached hydrogen (secondary N) is 1. The molecular formula is C21H32N4O2. The van der Waals surface area contributed by atoms with Crippen LogP contribution in [0, 0.1) is 11.3 Å². The lowest BCUT2D eigenvalue weighted by Gasteiger charge is -2.47. The average Bonchev–Trinajstić information content (AvgIpc) is 3.37. The summed E-state index contributed by atoms with van der Waals surface area (Å²) in [6, 6.07) is 0. The monoisotopic (exact) mass is 372 g/mol. The molecule has 1 aliphatic carbocycles. The smallest absolute Gasteiger partial charge is 0.222 e. The first-order chi connectivity index (χ1) is 13.1. The number of nitrogens with zero attached hydrogens (tertiary/aromatic N) is 3. The standard InChI is InChI=1S/C21H32N4O2/c26-19-5-7-21(15-25(19)10-6-18-14-22-16-23-18)8-11-24(12-9-21)20(27)13-17-3-1-2-4-17/h14,16-17H,1-13,15H2,(H,22,23). The Morgan fingerprint density at radius 3 is 2.70 bits per heavy atom. The maximum atomic E-state index is 12.6. The van der Waals surface area contributed by atoms with Crippen LogP contribution in [-0.4, -0.2) is 57.8 Å². The summed E-state index contributed by atoms with van der Waals surface area (Å²) in [5.41, 5.74) is 1.29. The van der Waals surface area contributed by atoms with Crippen molar-refractivity contribution in [3.8, 4) is 0 Å². The second-order valence-electron chi connectivity index (χ2n) is 8.88. The number of rotatable bonds is 5. The van der Waals surface area contributed by atoms with Gasteiger partial charge in [-0.05, 0) is 43.4 Å². The van der Waals surface area contributed by atoms with Gasteiger partial charge in [-0.2, -0.15) is 0 Å². The molecule has 1 saturated carbocycles. The lowest BCUT2D eigenvalue weighted by molar-refractivity contribution is -0.142. The highest BCUT2D eigenvalue weighted by Gasteiger charge is 2.41. The zero-order valence-electron chi connectivity index (χ0n) is 16.3. The highest BCUT2D eigenvalue weighted by Crippen LogP contribution is 2.40. The quantitative estimate of drug-likeness (QED) is 0.864. The first kappa shape index (κ1) is 18.5. The van der Waals surface area contributed by atoms with Gasteiger partial charge < -0.3 is 14.8 Å². The van der Waals surface area contributed by atoms with Gasteiger partial charge >= 0.3 is 0 Å². The van der Waals surface area contributed by atoms with Gasteiger partial charge in [-0.15, -0.1) is 0 Å². The number of aromatic amines is 1. The number of piperidine rings is 2. The first-order valence-corrected chi connectivity index (χ1v) is 10.7. The molecule has 4 rings (SSSR count). The molecule has 148 valence electrons. The van der Waals surface area contributed by atoms with Crippen LogP contribution in [0.15, 0.2) is 12.5 Å². The minimum absolute atomic E-state index is 0.214. The largest absolute Gasteiger partial charge is 0.348 e. The van der Waals surface area contributed by atoms with Crippen LogP contribution in [0.25, 0.3) is 0 Å². The summed E-state index contributed by atoms with van der Waals surface area (Å²) in [6.45, 7) is 3.35. The first-order valence-electron chi connectivity index (χ1n) is 10.7. The molecule has 0 bridgehead atoms. The van der Waals surface area contributed by atoms with Crippen LogP contribution in [-0.2, 0) is 16.0 Å². The third-order valence-corrected chi connectivity index (χ3v) is 7.07. The van der Waals surface area contributed by atoms with Crippen molar-refractivity contribution in [2.45, 2.75) is 64.2 Å². The van der Waals surface area contributed by atoms with Gasteiger partial charge in [0.25, 0.3) is 0 Å². The van der Waals surface area contributed by atoms with E-state index in [2.05, 4.69) is 14.9 Å². The summed E-state index contributed by atoms with van der Waals surface area (Å²) in [5, 5.41) is 0. The third-order valence-electron chi connectivity index (χ3n) is 7.07. The number of likely N-dealkylation sites (tertiary alicyclic amines) is 2. The topological polar surface area (TPSA) is 69.3 Å². The second kappa shape index (κ2) is 8.03. The fourth-order valence-corrected chi connectivity index (χ4v) is 5.21. The van der Waals surface area contributed by atoms with E-state index in [1.807, 2.05) is 11.1 Å². The predicted molar refractivity (Wildman–Crippen MR) is 103 cm³/mol. The molecule has 3 aliphatic rings. The van der Waals surface area contributed by atoms with Crippen LogP contribution < -0.4 is 0 Å². The molecule has 0 radical (unpaired) electrons. The molecule has 2 aliphatic heterocycles. The number of carbonyl (C=O) groups is 2. The van der Waals surface area contributed by atoms with Crippen LogP contribution in [0.5, 0.6) is 0 Å². The van der Waals surface area contributed by atoms with E-state index in [-0.39, 0.29) is 11.3 Å². The van der Waals surface area contributed by atoms with Crippen LogP contribution in [0.1, 0.15) is 63.5 Å². The molecule has 1 spiro atoms. The summed E-state index contributed by atoms with van der Waals surface area (Å²) >= 11 is 0. The molecule has 0 unspecified atom stereocenters. The normalized spacial score (nSPS) is 23.3. The zero-order valence-corrected chi connectivity index (χ0v) is 16.3. The molecule has 0 atom stereocenters. The number of carbonyl (C=O) groups excluding carboxylic acids is 2. The van der Waals surface area contributed by atoms with Crippen molar-refractivity contribution < 1.29 is 9.59 Å². The Labute approximate surface area is 161 Å². The van der Waals surface area contributed by atoms with Crippen molar-refractivity contribution in [3.05, 3.63) is 18.2 Å². The lowest BCUT2D eigenvalue weighted by atomic mass is 9.72. The van der Waals surface area contributed by atoms with Gasteiger partial charge in [0.1, 0.15) is 0 Å². The summed E-state index contributed by atoms with van der Waals surface area (Å²) in [6.07, 6.45) is 13.9. The summed E-state index contributed by atoms with van der Waals surface area (Å²) < 4.78 is 0. The SMILES string of the molecule is O=C(CC1CCCC1)N1CCC2(CCC(=O)N(CCc3cnc[nH]3)C2)CC1. The Hall–Kier alpha value is -1.85. The number of aromatic nitrogens is 2. The second-order valence-corrected chi connectivity index (χ2v) is 8.88. The van der Waals surface area contributed by atoms with E-state index in [4.69, 9.17) is 0 Å². The van der Waals surface area contributed by atoms with Crippen LogP contribution in [0.4, 0.5) is 0 Å². The molecular weight excluding hydrogens is 340 g/mol. The van der Waals surface area contributed by atoms with E-state index in [9.17, 15) is 9.59 Å². The van der Waals surface area contributed by atoms with Gasteiger partial charge in [0.05, 0.1) is 6.33 Å². The van der Waals surface area contributed by atoms with E-state index in [0.717, 1.165) is 64.0 Å². The average molecular weight is 373 g/mol. The molecule has 2 saturated heterocycles. The van der Waals surface area contributed by atoms with E-state index in [1.54, 1.807) is 6.33 Å². The molecule has 6 heteroatoms. The Morgan fingerprint density at radius 1 is 1.22 bits per heavy atom. The number of amides is 2. The van der Waals surface area contributed by atoms with E-state index in [0.29, 0.717) is 18.2 Å². The predicted octanol–water partition coefficient (Wildman–Crippen LogP) is 2.76. The molecule has 2 amide bonds. The van der Waals surface area contributed by atoms with Crippen molar-refractivity contribution in [2.75, 3.05) is 26.2 Å². The van der Waals surface area contributed by atoms with Crippen LogP contribution in [0.2, 0.25) is 0 Å². The van der Waals surface area contributed by atoms with Crippen molar-refractivity contribution in [2.24, 2.45) is 11.3 Å². The number of hydrogen-bond donors (Lipinski definition) is 1. The Bertz CT molecular complexity index is 643. The van der Waals surface area contributed by atoms with Gasteiger partial charge in [0.15, 0.2) is 0 Å². The molecule has 3 heterocycles. The fraction of sp³-hybridized carbons (Fsp3) is 0.762. The van der Waals surface area contributed by atoms with Crippen molar-refractivity contribution >= 4 is 11.8 Å². The maximum Gasteiger partial charge on any atom is 0.222 e. The molecule has 6 nitrogen and oxygen atoms in total. The van der Waals surface area contributed by atoms with E-state index in [1.165, 1.54) is 25.7 Å². The Morgan fingerprint density at radius 2 is 2.00 bits per heavy atom. The van der Waals surface area contributed by atoms with Gasteiger partial charge in [-0.1, -0.05) is 12.8 Å². The molecule has 1 N–H and O–H groups in total. The van der Waals surface area contributed by atoms with Gasteiger partial charge in [-0.25, -0.2) is 4.98 Å². The molecule has 3 fully saturated rings. The Kier molecular flexibility index (Phi) is 5.50. The minimum atomic E-state index is 0.214. The zero-order chi connectivity index (χ0) is 18.7. The van der Waals surface area contributed by atoms with Gasteiger partial charge in [-0.3, -0.25) is 9.59 Å². The van der Waals surface area contributed by atoms with Crippen LogP contribution >= 0.6 is 0 Å². The number of imidazole rings is 1. The van der Waals surface area contributed by atoms with E-state index >= 15 is 0 Å². The highest BCUT2D eigenvalue weighted by atomic mass is 16.2. The number of hydrogen-bond acceptors (Lipinski definition) is 3. The van der Waals surface area contributed by atoms with E-state index < -0.39 is 0 Å². The molecule has 1 aromatic heterocycles. The fourth-order valence-electron chi connectivity index (χ4n) is 5.21. The number of H-pyrrole nitrogens is 1. The summed E-state index contributed by atoms with van der Waals surface area (Å²) in [4.78, 5) is 36.3. The van der Waals surface area contributed by atoms with Gasteiger partial charge in [0, 0.05) is 57.3 Å². The van der Waals surface area contributed by atoms with Gasteiger partial charge in [0.2, 0.25) is 11.8 Å². The van der Waals surface area contributed by atoms with Crippen LogP contribution in [0.3, 0.4) is 0 Å². The molecule has 0 aromatic carbocycles. The molecule has 27 heavy (non-hydrogen) atoms. The third kappa shape index (κ3) is 4.36. The molecule has 1 aromatic rings. The van der Waals surface area contributed by atoms with Crippen molar-refractivity contribution in [3.63, 3.8) is 0 Å². The maximum absolute atomic E-state index is 12.6. The minimum Gasteiger partial charge on any atom is -0.348 e.